The first kappa shape index (κ1) is 44.9. The van der Waals surface area contributed by atoms with E-state index in [1.54, 1.807) is 29.7 Å². The van der Waals surface area contributed by atoms with Gasteiger partial charge in [0, 0.05) is 116 Å². The van der Waals surface area contributed by atoms with Crippen molar-refractivity contribution in [2.24, 2.45) is 11.8 Å². The van der Waals surface area contributed by atoms with Gasteiger partial charge in [-0.25, -0.2) is 49.8 Å². The molecule has 0 bridgehead atoms. The molecule has 1 atom stereocenters. The van der Waals surface area contributed by atoms with Crippen LogP contribution in [0.2, 0.25) is 0 Å². The molecule has 6 aliphatic rings. The number of piperazine rings is 2. The van der Waals surface area contributed by atoms with E-state index >= 15 is 0 Å². The van der Waals surface area contributed by atoms with E-state index in [2.05, 4.69) is 54.0 Å². The number of carbonyl (C=O) groups is 1. The molecule has 2 saturated carbocycles. The van der Waals surface area contributed by atoms with Crippen LogP contribution in [0.25, 0.3) is 45.1 Å². The second kappa shape index (κ2) is 19.4. The van der Waals surface area contributed by atoms with Crippen molar-refractivity contribution in [2.45, 2.75) is 51.8 Å². The highest BCUT2D eigenvalue weighted by molar-refractivity contribution is 5.89. The van der Waals surface area contributed by atoms with Crippen LogP contribution < -0.4 is 36.4 Å². The lowest BCUT2D eigenvalue weighted by atomic mass is 10.2. The smallest absolute Gasteiger partial charge is 0.251 e. The Balaban J connectivity index is 0.000000152. The molecule has 0 unspecified atom stereocenters. The summed E-state index contributed by atoms with van der Waals surface area (Å²) >= 11 is 0. The van der Waals surface area contributed by atoms with Gasteiger partial charge >= 0.3 is 0 Å². The molecule has 4 saturated heterocycles. The van der Waals surface area contributed by atoms with Gasteiger partial charge < -0.3 is 55.9 Å². The number of aliphatic hydroxyl groups excluding tert-OH is 1. The molecule has 69 heavy (non-hydrogen) atoms. The quantitative estimate of drug-likeness (QED) is 0.139. The van der Waals surface area contributed by atoms with Gasteiger partial charge in [-0.2, -0.15) is 0 Å². The molecule has 6 N–H and O–H groups in total. The average Bonchev–Trinajstić information content (AvgIpc) is 4.33. The van der Waals surface area contributed by atoms with Crippen molar-refractivity contribution in [3.63, 3.8) is 0 Å². The predicted octanol–water partition coefficient (Wildman–Crippen LogP) is 0.663. The summed E-state index contributed by atoms with van der Waals surface area (Å²) < 4.78 is 15.7. The number of anilines is 6. The summed E-state index contributed by atoms with van der Waals surface area (Å²) in [4.78, 5) is 69.8. The molecule has 2 aliphatic carbocycles. The topological polar surface area (TPSA) is 275 Å². The van der Waals surface area contributed by atoms with Gasteiger partial charge in [-0.05, 0) is 44.4 Å². The summed E-state index contributed by atoms with van der Waals surface area (Å²) in [6, 6.07) is 0. The number of nitrogen functional groups attached to an aromatic ring is 2. The molecule has 24 nitrogen and oxygen atoms in total. The summed E-state index contributed by atoms with van der Waals surface area (Å²) in [5, 5.41) is 13.2. The van der Waals surface area contributed by atoms with Crippen LogP contribution in [0.15, 0.2) is 24.8 Å². The number of hydrogen-bond donors (Lipinski definition) is 4. The molecule has 0 aromatic carbocycles. The maximum absolute atomic E-state index is 12.3. The fourth-order valence-electron chi connectivity index (χ4n) is 9.30. The van der Waals surface area contributed by atoms with Crippen LogP contribution in [0, 0.1) is 11.8 Å². The number of imidazole rings is 2. The van der Waals surface area contributed by atoms with Crippen molar-refractivity contribution in [3.05, 3.63) is 24.8 Å². The zero-order valence-electron chi connectivity index (χ0n) is 39.0. The first-order chi connectivity index (χ1) is 33.7. The lowest BCUT2D eigenvalue weighted by Gasteiger charge is -2.36. The van der Waals surface area contributed by atoms with Crippen LogP contribution in [0.4, 0.5) is 35.4 Å². The number of fused-ring (bicyclic) bond motifs is 2. The van der Waals surface area contributed by atoms with Crippen molar-refractivity contribution in [1.82, 2.24) is 69.2 Å². The third-order valence-corrected chi connectivity index (χ3v) is 13.5. The van der Waals surface area contributed by atoms with E-state index in [0.717, 1.165) is 117 Å². The third kappa shape index (κ3) is 9.70. The van der Waals surface area contributed by atoms with E-state index in [9.17, 15) is 9.90 Å². The number of carbonyl (C=O) groups excluding carboxylic acids is 1. The first-order valence-corrected chi connectivity index (χ1v) is 24.3. The van der Waals surface area contributed by atoms with Gasteiger partial charge in [0.1, 0.15) is 6.10 Å². The number of aliphatic hydroxyl groups is 1. The number of aromatic nitrogens is 12. The van der Waals surface area contributed by atoms with E-state index in [1.807, 2.05) is 0 Å². The number of nitrogens with one attached hydrogen (secondary N) is 1. The molecule has 24 heteroatoms. The Morgan fingerprint density at radius 1 is 0.609 bits per heavy atom. The summed E-state index contributed by atoms with van der Waals surface area (Å²) in [5.41, 5.74) is 16.2. The molecule has 12 rings (SSSR count). The van der Waals surface area contributed by atoms with E-state index in [1.165, 1.54) is 32.6 Å². The van der Waals surface area contributed by atoms with Crippen molar-refractivity contribution in [1.29, 1.82) is 0 Å². The van der Waals surface area contributed by atoms with Crippen molar-refractivity contribution in [3.8, 4) is 22.8 Å². The van der Waals surface area contributed by atoms with Gasteiger partial charge in [-0.1, -0.05) is 0 Å². The Bertz CT molecular complexity index is 2750. The SMILES string of the molecule is C[C@H](O)C(=O)N1CCN(c2nc3c(N4CCOCC4)nc(-c4cnc(N)nc4)nc3n2CC2CC2)CC1.Nc1ncc(-c2nc(N3CCOCC3)c3nc(N4CCNCC4)n(CC4CC4)c3n2)cn1. The van der Waals surface area contributed by atoms with Gasteiger partial charge in [0.25, 0.3) is 5.91 Å². The van der Waals surface area contributed by atoms with E-state index in [4.69, 9.17) is 50.8 Å². The summed E-state index contributed by atoms with van der Waals surface area (Å²) in [5.74, 6) is 6.11. The number of nitrogens with zero attached hydrogens (tertiary/aromatic N) is 17. The van der Waals surface area contributed by atoms with Gasteiger partial charge in [0.15, 0.2) is 45.6 Å². The Morgan fingerprint density at radius 2 is 1.03 bits per heavy atom. The summed E-state index contributed by atoms with van der Waals surface area (Å²) in [6.07, 6.45) is 10.6. The Morgan fingerprint density at radius 3 is 1.43 bits per heavy atom. The number of amides is 1. The highest BCUT2D eigenvalue weighted by atomic mass is 16.5. The molecule has 1 amide bonds. The zero-order chi connectivity index (χ0) is 47.0. The predicted molar refractivity (Wildman–Crippen MR) is 259 cm³/mol. The minimum Gasteiger partial charge on any atom is -0.384 e. The van der Waals surface area contributed by atoms with Crippen LogP contribution in [0.3, 0.4) is 0 Å². The molecular weight excluding hydrogens is 885 g/mol. The molecule has 6 aromatic rings. The molecule has 6 aromatic heterocycles. The van der Waals surface area contributed by atoms with E-state index in [0.29, 0.717) is 81.7 Å². The highest BCUT2D eigenvalue weighted by Crippen LogP contribution is 2.38. The van der Waals surface area contributed by atoms with Crippen LogP contribution in [0.5, 0.6) is 0 Å². The second-order valence-electron chi connectivity index (χ2n) is 18.6. The van der Waals surface area contributed by atoms with Gasteiger partial charge in [-0.15, -0.1) is 0 Å². The monoisotopic (exact) mass is 945 g/mol. The highest BCUT2D eigenvalue weighted by Gasteiger charge is 2.33. The summed E-state index contributed by atoms with van der Waals surface area (Å²) in [7, 11) is 0. The van der Waals surface area contributed by atoms with Crippen LogP contribution in [-0.2, 0) is 27.4 Å². The van der Waals surface area contributed by atoms with Gasteiger partial charge in [-0.3, -0.25) is 13.9 Å². The van der Waals surface area contributed by atoms with E-state index in [-0.39, 0.29) is 17.8 Å². The molecule has 4 aliphatic heterocycles. The zero-order valence-corrected chi connectivity index (χ0v) is 39.0. The Hall–Kier alpha value is -6.63. The number of ether oxygens (including phenoxy) is 2. The molecule has 10 heterocycles. The molecule has 0 radical (unpaired) electrons. The Labute approximate surface area is 398 Å². The Kier molecular flexibility index (Phi) is 12.6. The molecule has 364 valence electrons. The standard InChI is InChI=1S/C24H32N10O3.C21H28N10O/c1-15(35)22(36)32-4-6-33(7-5-32)24-28-18-20(31-8-10-37-11-9-31)29-19(17-12-26-23(25)27-13-17)30-21(18)34(24)14-16-2-3-16;22-20-24-11-15(12-25-20)17-27-18(29-7-9-32-10-8-29)16-19(28-17)31(13-14-1-2-14)21(26-16)30-5-3-23-4-6-30/h12-13,15-16,35H,2-11,14H2,1H3,(H2,25,26,27);11-12,14,23H,1-10,13H2,(H2,22,24,25)/t15-;/m0./s1. The third-order valence-electron chi connectivity index (χ3n) is 13.5. The fraction of sp³-hybridized carbons (Fsp3) is 0.578. The fourth-order valence-corrected chi connectivity index (χ4v) is 9.30. The molecule has 0 spiro atoms. The van der Waals surface area contributed by atoms with E-state index < -0.39 is 6.10 Å². The summed E-state index contributed by atoms with van der Waals surface area (Å²) in [6.45, 7) is 15.0. The molecule has 6 fully saturated rings. The minimum atomic E-state index is -0.993. The average molecular weight is 945 g/mol. The van der Waals surface area contributed by atoms with Crippen LogP contribution in [-0.4, -0.2) is 186 Å². The largest absolute Gasteiger partial charge is 0.384 e. The van der Waals surface area contributed by atoms with Gasteiger partial charge in [0.2, 0.25) is 23.8 Å². The van der Waals surface area contributed by atoms with Crippen LogP contribution >= 0.6 is 0 Å². The number of nitrogens with two attached hydrogens (primary N) is 2. The second-order valence-corrected chi connectivity index (χ2v) is 18.6. The number of morpholine rings is 2. The number of hydrogen-bond acceptors (Lipinski definition) is 21. The minimum absolute atomic E-state index is 0.201. The number of rotatable bonds is 11. The van der Waals surface area contributed by atoms with Crippen molar-refractivity contribution < 1.29 is 19.4 Å². The van der Waals surface area contributed by atoms with Crippen LogP contribution in [0.1, 0.15) is 32.6 Å². The van der Waals surface area contributed by atoms with Gasteiger partial charge in [0.05, 0.1) is 37.6 Å². The van der Waals surface area contributed by atoms with Crippen molar-refractivity contribution >= 4 is 63.7 Å². The lowest BCUT2D eigenvalue weighted by molar-refractivity contribution is -0.139. The first-order valence-electron chi connectivity index (χ1n) is 24.3. The normalized spacial score (nSPS) is 19.5. The lowest BCUT2D eigenvalue weighted by Crippen LogP contribution is -2.51. The van der Waals surface area contributed by atoms with Crippen molar-refractivity contribution in [2.75, 3.05) is 136 Å². The maximum atomic E-state index is 12.3. The maximum Gasteiger partial charge on any atom is 0.251 e. The molecular formula is C45H60N20O4.